The molecule has 22 heavy (non-hydrogen) atoms. The van der Waals surface area contributed by atoms with Gasteiger partial charge in [-0.05, 0) is 18.2 Å². The van der Waals surface area contributed by atoms with E-state index in [1.807, 2.05) is 0 Å². The smallest absolute Gasteiger partial charge is 0.335 e. The van der Waals surface area contributed by atoms with Crippen LogP contribution in [0.5, 0.6) is 0 Å². The number of halogens is 2. The highest BCUT2D eigenvalue weighted by Crippen LogP contribution is 2.22. The number of nitrogens with one attached hydrogen (secondary N) is 1. The van der Waals surface area contributed by atoms with Crippen LogP contribution in [0.1, 0.15) is 16.2 Å². The zero-order valence-electron chi connectivity index (χ0n) is 11.3. The number of rotatable bonds is 5. The highest BCUT2D eigenvalue weighted by molar-refractivity contribution is 7.90. The van der Waals surface area contributed by atoms with Gasteiger partial charge in [0.2, 0.25) is 15.7 Å². The number of hydrogen-bond acceptors (Lipinski definition) is 6. The van der Waals surface area contributed by atoms with E-state index in [1.54, 1.807) is 0 Å². The summed E-state index contributed by atoms with van der Waals surface area (Å²) in [5, 5.41) is 9.83. The molecule has 0 aliphatic heterocycles. The van der Waals surface area contributed by atoms with Gasteiger partial charge in [0, 0.05) is 24.8 Å². The fourth-order valence-electron chi connectivity index (χ4n) is 1.51. The predicted molar refractivity (Wildman–Crippen MR) is 79.9 cm³/mol. The maximum atomic E-state index is 11.9. The van der Waals surface area contributed by atoms with Crippen LogP contribution >= 0.6 is 23.2 Å². The molecule has 0 spiro atoms. The van der Waals surface area contributed by atoms with Crippen LogP contribution in [0.2, 0.25) is 10.0 Å². The third-order valence-corrected chi connectivity index (χ3v) is 4.11. The molecule has 1 heterocycles. The molecule has 118 valence electrons. The summed E-state index contributed by atoms with van der Waals surface area (Å²) in [6.45, 7) is 0.199. The standard InChI is InChI=1S/C12H11Cl2N3O4S/c1-22(19,20)12-17-16-10(21-12)4-5-15-11(18)7-2-3-8(13)9(14)6-7/h2-3,6H,4-5H2,1H3,(H,15,18). The molecule has 0 aliphatic rings. The van der Waals surface area contributed by atoms with E-state index in [-0.39, 0.29) is 29.8 Å². The fourth-order valence-corrected chi connectivity index (χ4v) is 2.25. The van der Waals surface area contributed by atoms with Crippen LogP contribution in [0.3, 0.4) is 0 Å². The Balaban J connectivity index is 1.92. The van der Waals surface area contributed by atoms with Gasteiger partial charge in [0.15, 0.2) is 0 Å². The summed E-state index contributed by atoms with van der Waals surface area (Å²) >= 11 is 11.6. The quantitative estimate of drug-likeness (QED) is 0.867. The minimum absolute atomic E-state index is 0.120. The number of carbonyl (C=O) groups is 1. The van der Waals surface area contributed by atoms with Crippen LogP contribution in [0.15, 0.2) is 27.8 Å². The van der Waals surface area contributed by atoms with Crippen LogP contribution in [-0.2, 0) is 16.3 Å². The Hall–Kier alpha value is -1.64. The number of amides is 1. The SMILES string of the molecule is CS(=O)(=O)c1nnc(CCNC(=O)c2ccc(Cl)c(Cl)c2)o1. The predicted octanol–water partition coefficient (Wildman–Crippen LogP) is 1.75. The van der Waals surface area contributed by atoms with Crippen molar-refractivity contribution in [2.45, 2.75) is 11.6 Å². The van der Waals surface area contributed by atoms with E-state index in [2.05, 4.69) is 15.5 Å². The van der Waals surface area contributed by atoms with Gasteiger partial charge in [0.25, 0.3) is 5.91 Å². The molecule has 0 atom stereocenters. The van der Waals surface area contributed by atoms with E-state index in [0.29, 0.717) is 10.6 Å². The van der Waals surface area contributed by atoms with Crippen molar-refractivity contribution in [1.82, 2.24) is 15.5 Å². The van der Waals surface area contributed by atoms with Gasteiger partial charge in [-0.2, -0.15) is 0 Å². The van der Waals surface area contributed by atoms with Gasteiger partial charge in [0.1, 0.15) is 0 Å². The second-order valence-electron chi connectivity index (χ2n) is 4.37. The third-order valence-electron chi connectivity index (χ3n) is 2.57. The largest absolute Gasteiger partial charge is 0.412 e. The fraction of sp³-hybridized carbons (Fsp3) is 0.250. The Kier molecular flexibility index (Phi) is 5.05. The molecule has 7 nitrogen and oxygen atoms in total. The lowest BCUT2D eigenvalue weighted by molar-refractivity contribution is 0.0953. The number of hydrogen-bond donors (Lipinski definition) is 1. The first-order valence-corrected chi connectivity index (χ1v) is 8.68. The zero-order valence-corrected chi connectivity index (χ0v) is 13.7. The van der Waals surface area contributed by atoms with Crippen molar-refractivity contribution in [3.05, 3.63) is 39.7 Å². The maximum Gasteiger partial charge on any atom is 0.335 e. The van der Waals surface area contributed by atoms with Crippen molar-refractivity contribution < 1.29 is 17.6 Å². The van der Waals surface area contributed by atoms with E-state index in [0.717, 1.165) is 6.26 Å². The number of benzene rings is 1. The lowest BCUT2D eigenvalue weighted by Gasteiger charge is -2.04. The van der Waals surface area contributed by atoms with Crippen molar-refractivity contribution in [2.75, 3.05) is 12.8 Å². The summed E-state index contributed by atoms with van der Waals surface area (Å²) in [6.07, 6.45) is 1.17. The van der Waals surface area contributed by atoms with Gasteiger partial charge in [-0.1, -0.05) is 28.3 Å². The summed E-state index contributed by atoms with van der Waals surface area (Å²) in [7, 11) is -3.53. The molecule has 1 aromatic carbocycles. The summed E-state index contributed by atoms with van der Waals surface area (Å²) in [5.74, 6) is -0.226. The monoisotopic (exact) mass is 363 g/mol. The summed E-state index contributed by atoms with van der Waals surface area (Å²) in [4.78, 5) is 11.9. The van der Waals surface area contributed by atoms with Crippen molar-refractivity contribution in [3.63, 3.8) is 0 Å². The molecule has 1 N–H and O–H groups in total. The molecule has 2 aromatic rings. The molecule has 2 rings (SSSR count). The molecule has 0 radical (unpaired) electrons. The van der Waals surface area contributed by atoms with Crippen molar-refractivity contribution >= 4 is 38.9 Å². The van der Waals surface area contributed by atoms with Gasteiger partial charge in [-0.15, -0.1) is 5.10 Å². The molecule has 0 saturated carbocycles. The highest BCUT2D eigenvalue weighted by atomic mass is 35.5. The van der Waals surface area contributed by atoms with E-state index in [4.69, 9.17) is 27.6 Å². The minimum Gasteiger partial charge on any atom is -0.412 e. The molecular formula is C12H11Cl2N3O4S. The third kappa shape index (κ3) is 4.19. The average molecular weight is 364 g/mol. The van der Waals surface area contributed by atoms with Gasteiger partial charge >= 0.3 is 5.22 Å². The van der Waals surface area contributed by atoms with E-state index in [1.165, 1.54) is 18.2 Å². The Morgan fingerprint density at radius 1 is 1.27 bits per heavy atom. The normalized spacial score (nSPS) is 11.4. The molecule has 1 amide bonds. The minimum atomic E-state index is -3.53. The van der Waals surface area contributed by atoms with E-state index < -0.39 is 15.1 Å². The summed E-state index contributed by atoms with van der Waals surface area (Å²) in [5.41, 5.74) is 0.358. The Bertz CT molecular complexity index is 804. The number of carbonyl (C=O) groups excluding carboxylic acids is 1. The Labute approximate surface area is 136 Å². The van der Waals surface area contributed by atoms with Crippen LogP contribution in [0.25, 0.3) is 0 Å². The van der Waals surface area contributed by atoms with E-state index >= 15 is 0 Å². The number of sulfone groups is 1. The maximum absolute atomic E-state index is 11.9. The van der Waals surface area contributed by atoms with Crippen molar-refractivity contribution in [3.8, 4) is 0 Å². The molecule has 0 bridgehead atoms. The molecule has 1 aromatic heterocycles. The molecule has 0 fully saturated rings. The highest BCUT2D eigenvalue weighted by Gasteiger charge is 2.16. The molecule has 10 heteroatoms. The van der Waals surface area contributed by atoms with Gasteiger partial charge in [-0.25, -0.2) is 8.42 Å². The van der Waals surface area contributed by atoms with Crippen molar-refractivity contribution in [1.29, 1.82) is 0 Å². The number of aromatic nitrogens is 2. The second-order valence-corrected chi connectivity index (χ2v) is 7.08. The van der Waals surface area contributed by atoms with Crippen LogP contribution in [0, 0.1) is 0 Å². The topological polar surface area (TPSA) is 102 Å². The van der Waals surface area contributed by atoms with Crippen LogP contribution in [-0.4, -0.2) is 37.3 Å². The first kappa shape index (κ1) is 16.7. The molecule has 0 unspecified atom stereocenters. The first-order chi connectivity index (χ1) is 10.3. The zero-order chi connectivity index (χ0) is 16.3. The molecule has 0 aliphatic carbocycles. The Morgan fingerprint density at radius 3 is 2.59 bits per heavy atom. The lowest BCUT2D eigenvalue weighted by atomic mass is 10.2. The van der Waals surface area contributed by atoms with Gasteiger partial charge in [0.05, 0.1) is 10.0 Å². The van der Waals surface area contributed by atoms with Gasteiger partial charge < -0.3 is 9.73 Å². The summed E-state index contributed by atoms with van der Waals surface area (Å²) in [6, 6.07) is 4.51. The average Bonchev–Trinajstić information content (AvgIpc) is 2.90. The number of nitrogens with zero attached hydrogens (tertiary/aromatic N) is 2. The molecular weight excluding hydrogens is 353 g/mol. The Morgan fingerprint density at radius 2 is 2.00 bits per heavy atom. The summed E-state index contributed by atoms with van der Waals surface area (Å²) < 4.78 is 27.3. The lowest BCUT2D eigenvalue weighted by Crippen LogP contribution is -2.25. The molecule has 0 saturated heterocycles. The first-order valence-electron chi connectivity index (χ1n) is 6.03. The van der Waals surface area contributed by atoms with Crippen LogP contribution in [0.4, 0.5) is 0 Å². The van der Waals surface area contributed by atoms with Gasteiger partial charge in [-0.3, -0.25) is 4.79 Å². The van der Waals surface area contributed by atoms with Crippen molar-refractivity contribution in [2.24, 2.45) is 0 Å². The second kappa shape index (κ2) is 6.64. The van der Waals surface area contributed by atoms with E-state index in [9.17, 15) is 13.2 Å². The van der Waals surface area contributed by atoms with Crippen LogP contribution < -0.4 is 5.32 Å².